The van der Waals surface area contributed by atoms with Crippen LogP contribution in [0.5, 0.6) is 0 Å². The van der Waals surface area contributed by atoms with E-state index in [1.807, 2.05) is 11.8 Å². The van der Waals surface area contributed by atoms with Crippen LogP contribution in [0.1, 0.15) is 13.8 Å². The maximum atomic E-state index is 12.2. The first-order valence-corrected chi connectivity index (χ1v) is 7.67. The van der Waals surface area contributed by atoms with Crippen molar-refractivity contribution in [3.8, 4) is 0 Å². The van der Waals surface area contributed by atoms with Crippen molar-refractivity contribution in [2.45, 2.75) is 24.3 Å². The molecule has 1 fully saturated rings. The molecule has 0 spiro atoms. The fourth-order valence-electron chi connectivity index (χ4n) is 2.64. The predicted octanol–water partition coefficient (Wildman–Crippen LogP) is 1.84. The molecule has 0 aliphatic carbocycles. The van der Waals surface area contributed by atoms with Crippen LogP contribution < -0.4 is 16.2 Å². The van der Waals surface area contributed by atoms with E-state index in [2.05, 4.69) is 28.7 Å². The van der Waals surface area contributed by atoms with Crippen LogP contribution in [0.15, 0.2) is 23.0 Å². The molecular formula is C14H18N4OS. The number of benzene rings is 1. The maximum Gasteiger partial charge on any atom is 0.260 e. The quantitative estimate of drug-likeness (QED) is 0.784. The highest BCUT2D eigenvalue weighted by molar-refractivity contribution is 8.00. The molecule has 0 amide bonds. The van der Waals surface area contributed by atoms with E-state index >= 15 is 0 Å². The van der Waals surface area contributed by atoms with E-state index in [1.165, 1.54) is 0 Å². The van der Waals surface area contributed by atoms with Crippen LogP contribution in [-0.4, -0.2) is 33.6 Å². The Morgan fingerprint density at radius 1 is 1.35 bits per heavy atom. The third kappa shape index (κ3) is 2.47. The second-order valence-corrected chi connectivity index (χ2v) is 7.21. The molecule has 0 saturated carbocycles. The van der Waals surface area contributed by atoms with Crippen molar-refractivity contribution in [3.05, 3.63) is 28.6 Å². The number of hydrogen-bond donors (Lipinski definition) is 2. The van der Waals surface area contributed by atoms with Gasteiger partial charge >= 0.3 is 0 Å². The summed E-state index contributed by atoms with van der Waals surface area (Å²) in [7, 11) is 0. The predicted molar refractivity (Wildman–Crippen MR) is 85.5 cm³/mol. The Morgan fingerprint density at radius 2 is 2.05 bits per heavy atom. The number of nitrogen functional groups attached to an aromatic ring is 1. The Kier molecular flexibility index (Phi) is 3.33. The van der Waals surface area contributed by atoms with Gasteiger partial charge in [0.1, 0.15) is 0 Å². The molecule has 1 aliphatic heterocycles. The first-order valence-electron chi connectivity index (χ1n) is 6.73. The number of H-pyrrole nitrogens is 1. The Morgan fingerprint density at radius 3 is 2.75 bits per heavy atom. The van der Waals surface area contributed by atoms with Crippen molar-refractivity contribution < 1.29 is 0 Å². The molecule has 1 aliphatic rings. The number of thioether (sulfide) groups is 1. The minimum absolute atomic E-state index is 0.129. The maximum absolute atomic E-state index is 12.2. The second-order valence-electron chi connectivity index (χ2n) is 5.33. The van der Waals surface area contributed by atoms with Gasteiger partial charge in [-0.3, -0.25) is 9.78 Å². The number of rotatable bonds is 1. The molecule has 0 bridgehead atoms. The number of hydrogen-bond acceptors (Lipinski definition) is 5. The second kappa shape index (κ2) is 5.01. The summed E-state index contributed by atoms with van der Waals surface area (Å²) in [6, 6.07) is 5.24. The average molecular weight is 290 g/mol. The van der Waals surface area contributed by atoms with Gasteiger partial charge in [-0.15, -0.1) is 0 Å². The van der Waals surface area contributed by atoms with Crippen LogP contribution in [0.25, 0.3) is 10.9 Å². The Balaban J connectivity index is 2.04. The zero-order valence-corrected chi connectivity index (χ0v) is 12.4. The topological polar surface area (TPSA) is 75.0 Å². The third-order valence-corrected chi connectivity index (χ3v) is 4.66. The van der Waals surface area contributed by atoms with Gasteiger partial charge in [-0.05, 0) is 18.2 Å². The molecule has 2 unspecified atom stereocenters. The third-order valence-electron chi connectivity index (χ3n) is 3.44. The van der Waals surface area contributed by atoms with Gasteiger partial charge in [0.15, 0.2) is 0 Å². The van der Waals surface area contributed by atoms with E-state index in [4.69, 9.17) is 5.73 Å². The summed E-state index contributed by atoms with van der Waals surface area (Å²) in [6.07, 6.45) is 0. The van der Waals surface area contributed by atoms with Gasteiger partial charge in [0.05, 0.1) is 10.9 Å². The summed E-state index contributed by atoms with van der Waals surface area (Å²) in [5, 5.41) is 1.61. The molecule has 3 N–H and O–H groups in total. The number of nitrogens with zero attached hydrogens (tertiary/aromatic N) is 2. The zero-order valence-electron chi connectivity index (χ0n) is 11.6. The summed E-state index contributed by atoms with van der Waals surface area (Å²) in [6.45, 7) is 6.21. The van der Waals surface area contributed by atoms with E-state index < -0.39 is 0 Å². The average Bonchev–Trinajstić information content (AvgIpc) is 2.38. The monoisotopic (exact) mass is 290 g/mol. The summed E-state index contributed by atoms with van der Waals surface area (Å²) >= 11 is 1.97. The largest absolute Gasteiger partial charge is 0.399 e. The fraction of sp³-hybridized carbons (Fsp3) is 0.429. The smallest absolute Gasteiger partial charge is 0.260 e. The van der Waals surface area contributed by atoms with Crippen LogP contribution >= 0.6 is 11.8 Å². The zero-order chi connectivity index (χ0) is 14.3. The van der Waals surface area contributed by atoms with E-state index in [-0.39, 0.29) is 5.56 Å². The first kappa shape index (κ1) is 13.3. The molecule has 2 aromatic rings. The highest BCUT2D eigenvalue weighted by Crippen LogP contribution is 2.27. The van der Waals surface area contributed by atoms with Gasteiger partial charge in [-0.25, -0.2) is 4.98 Å². The molecule has 6 heteroatoms. The van der Waals surface area contributed by atoms with Gasteiger partial charge in [0.2, 0.25) is 5.95 Å². The fourth-order valence-corrected chi connectivity index (χ4v) is 3.97. The van der Waals surface area contributed by atoms with Crippen molar-refractivity contribution in [1.82, 2.24) is 9.97 Å². The van der Waals surface area contributed by atoms with Crippen molar-refractivity contribution in [1.29, 1.82) is 0 Å². The molecule has 2 heterocycles. The van der Waals surface area contributed by atoms with Crippen LogP contribution in [0.3, 0.4) is 0 Å². The normalized spacial score (nSPS) is 23.2. The molecule has 5 nitrogen and oxygen atoms in total. The van der Waals surface area contributed by atoms with Gasteiger partial charge in [0, 0.05) is 29.3 Å². The molecule has 1 aromatic heterocycles. The highest BCUT2D eigenvalue weighted by Gasteiger charge is 2.24. The molecule has 1 saturated heterocycles. The summed E-state index contributed by atoms with van der Waals surface area (Å²) in [5.74, 6) is 0.659. The Hall–Kier alpha value is -1.69. The van der Waals surface area contributed by atoms with E-state index in [0.717, 1.165) is 13.1 Å². The molecular weight excluding hydrogens is 272 g/mol. The highest BCUT2D eigenvalue weighted by atomic mass is 32.2. The Labute approximate surface area is 121 Å². The van der Waals surface area contributed by atoms with Gasteiger partial charge in [0.25, 0.3) is 5.56 Å². The lowest BCUT2D eigenvalue weighted by molar-refractivity contribution is 0.707. The van der Waals surface area contributed by atoms with Crippen LogP contribution in [0, 0.1) is 0 Å². The Bertz CT molecular complexity index is 689. The SMILES string of the molecule is CC1CN(c2nc3ccc(N)cc3c(=O)[nH]2)CC(C)S1. The summed E-state index contributed by atoms with van der Waals surface area (Å²) < 4.78 is 0. The number of anilines is 2. The molecule has 3 rings (SSSR count). The van der Waals surface area contributed by atoms with E-state index in [9.17, 15) is 4.79 Å². The minimum Gasteiger partial charge on any atom is -0.399 e. The van der Waals surface area contributed by atoms with E-state index in [1.54, 1.807) is 18.2 Å². The molecule has 20 heavy (non-hydrogen) atoms. The number of aromatic amines is 1. The first-order chi connectivity index (χ1) is 9.52. The summed E-state index contributed by atoms with van der Waals surface area (Å²) in [5.41, 5.74) is 6.86. The van der Waals surface area contributed by atoms with Gasteiger partial charge in [-0.2, -0.15) is 11.8 Å². The molecule has 106 valence electrons. The van der Waals surface area contributed by atoms with Crippen molar-refractivity contribution >= 4 is 34.3 Å². The number of fused-ring (bicyclic) bond motifs is 1. The van der Waals surface area contributed by atoms with Crippen molar-refractivity contribution in [2.75, 3.05) is 23.7 Å². The molecule has 2 atom stereocenters. The number of nitrogens with one attached hydrogen (secondary N) is 1. The lowest BCUT2D eigenvalue weighted by Gasteiger charge is -2.34. The van der Waals surface area contributed by atoms with Crippen molar-refractivity contribution in [2.24, 2.45) is 0 Å². The molecule has 1 aromatic carbocycles. The van der Waals surface area contributed by atoms with Gasteiger partial charge in [-0.1, -0.05) is 13.8 Å². The lowest BCUT2D eigenvalue weighted by atomic mass is 10.2. The number of aromatic nitrogens is 2. The standard InChI is InChI=1S/C14H18N4OS/c1-8-6-18(7-9(2)20-8)14-16-12-4-3-10(15)5-11(12)13(19)17-14/h3-5,8-9H,6-7,15H2,1-2H3,(H,16,17,19). The molecule has 0 radical (unpaired) electrons. The lowest BCUT2D eigenvalue weighted by Crippen LogP contribution is -2.42. The summed E-state index contributed by atoms with van der Waals surface area (Å²) in [4.78, 5) is 21.8. The minimum atomic E-state index is -0.129. The van der Waals surface area contributed by atoms with Gasteiger partial charge < -0.3 is 10.6 Å². The van der Waals surface area contributed by atoms with Crippen LogP contribution in [0.4, 0.5) is 11.6 Å². The van der Waals surface area contributed by atoms with Crippen molar-refractivity contribution in [3.63, 3.8) is 0 Å². The number of nitrogens with two attached hydrogens (primary N) is 1. The van der Waals surface area contributed by atoms with Crippen LogP contribution in [0.2, 0.25) is 0 Å². The van der Waals surface area contributed by atoms with E-state index in [0.29, 0.717) is 33.0 Å². The van der Waals surface area contributed by atoms with Crippen LogP contribution in [-0.2, 0) is 0 Å².